The average Bonchev–Trinajstić information content (AvgIpc) is 2.95. The first kappa shape index (κ1) is 16.7. The number of likely N-dealkylation sites (tertiary alicyclic amines) is 1. The zero-order chi connectivity index (χ0) is 14.9. The van der Waals surface area contributed by atoms with Crippen LogP contribution in [-0.4, -0.2) is 60.9 Å². The van der Waals surface area contributed by atoms with Gasteiger partial charge in [0.2, 0.25) is 5.91 Å². The van der Waals surface area contributed by atoms with E-state index in [9.17, 15) is 9.90 Å². The number of amides is 1. The molecule has 1 aliphatic heterocycles. The summed E-state index contributed by atoms with van der Waals surface area (Å²) in [5, 5.41) is 12.2. The maximum atomic E-state index is 11.9. The Bertz CT molecular complexity index is 306. The fourth-order valence-corrected chi connectivity index (χ4v) is 3.33. The number of rotatable bonds is 8. The topological polar surface area (TPSA) is 61.8 Å². The molecule has 0 aromatic heterocycles. The molecule has 1 saturated carbocycles. The molecule has 1 saturated heterocycles. The summed E-state index contributed by atoms with van der Waals surface area (Å²) in [5.41, 5.74) is 0. The molecular formula is C16H30N2O3. The van der Waals surface area contributed by atoms with Gasteiger partial charge in [0.25, 0.3) is 0 Å². The van der Waals surface area contributed by atoms with E-state index in [1.165, 1.54) is 32.1 Å². The van der Waals surface area contributed by atoms with Gasteiger partial charge >= 0.3 is 0 Å². The number of hydrogen-bond donors (Lipinski definition) is 2. The predicted octanol–water partition coefficient (Wildman–Crippen LogP) is 1.30. The molecule has 0 unspecified atom stereocenters. The second-order valence-corrected chi connectivity index (χ2v) is 6.28. The molecule has 0 radical (unpaired) electrons. The lowest BCUT2D eigenvalue weighted by molar-refractivity contribution is -0.122. The number of nitrogens with one attached hydrogen (secondary N) is 1. The van der Waals surface area contributed by atoms with Crippen molar-refractivity contribution >= 4 is 5.91 Å². The molecule has 2 fully saturated rings. The number of aliphatic hydroxyl groups is 1. The predicted molar refractivity (Wildman–Crippen MR) is 82.1 cm³/mol. The molecule has 0 bridgehead atoms. The van der Waals surface area contributed by atoms with Crippen molar-refractivity contribution in [2.75, 3.05) is 32.8 Å². The first-order valence-electron chi connectivity index (χ1n) is 8.53. The van der Waals surface area contributed by atoms with Crippen molar-refractivity contribution in [2.45, 2.75) is 63.5 Å². The van der Waals surface area contributed by atoms with E-state index in [0.29, 0.717) is 19.2 Å². The van der Waals surface area contributed by atoms with Gasteiger partial charge in [0, 0.05) is 19.2 Å². The number of carbonyl (C=O) groups excluding carboxylic acids is 1. The van der Waals surface area contributed by atoms with Crippen LogP contribution in [0.3, 0.4) is 0 Å². The Hall–Kier alpha value is -0.650. The van der Waals surface area contributed by atoms with Crippen LogP contribution in [0, 0.1) is 0 Å². The number of hydrogen-bond acceptors (Lipinski definition) is 4. The molecule has 1 amide bonds. The minimum Gasteiger partial charge on any atom is -0.395 e. The highest BCUT2D eigenvalue weighted by molar-refractivity contribution is 5.78. The summed E-state index contributed by atoms with van der Waals surface area (Å²) in [6.45, 7) is 2.91. The third kappa shape index (κ3) is 5.93. The van der Waals surface area contributed by atoms with Crippen LogP contribution in [0.5, 0.6) is 0 Å². The Morgan fingerprint density at radius 3 is 2.76 bits per heavy atom. The maximum absolute atomic E-state index is 11.9. The van der Waals surface area contributed by atoms with E-state index in [2.05, 4.69) is 10.2 Å². The van der Waals surface area contributed by atoms with Crippen LogP contribution in [0.15, 0.2) is 0 Å². The van der Waals surface area contributed by atoms with Gasteiger partial charge in [-0.1, -0.05) is 19.3 Å². The molecule has 122 valence electrons. The summed E-state index contributed by atoms with van der Waals surface area (Å²) < 4.78 is 5.84. The lowest BCUT2D eigenvalue weighted by atomic mass is 9.98. The summed E-state index contributed by atoms with van der Waals surface area (Å²) in [5.74, 6) is 0.0630. The molecule has 0 aromatic rings. The molecule has 1 atom stereocenters. The highest BCUT2D eigenvalue weighted by Crippen LogP contribution is 2.20. The minimum absolute atomic E-state index is 0.0630. The molecule has 1 heterocycles. The second kappa shape index (κ2) is 9.38. The van der Waals surface area contributed by atoms with Crippen molar-refractivity contribution in [3.63, 3.8) is 0 Å². The Balaban J connectivity index is 1.49. The van der Waals surface area contributed by atoms with Gasteiger partial charge in [-0.3, -0.25) is 9.69 Å². The largest absolute Gasteiger partial charge is 0.395 e. The molecule has 5 nitrogen and oxygen atoms in total. The highest BCUT2D eigenvalue weighted by Gasteiger charge is 2.25. The van der Waals surface area contributed by atoms with E-state index < -0.39 is 0 Å². The van der Waals surface area contributed by atoms with E-state index in [0.717, 1.165) is 32.4 Å². The summed E-state index contributed by atoms with van der Waals surface area (Å²) in [6.07, 6.45) is 9.74. The first-order chi connectivity index (χ1) is 10.3. The van der Waals surface area contributed by atoms with E-state index >= 15 is 0 Å². The van der Waals surface area contributed by atoms with Crippen molar-refractivity contribution in [1.29, 1.82) is 0 Å². The van der Waals surface area contributed by atoms with Crippen LogP contribution in [-0.2, 0) is 9.53 Å². The Morgan fingerprint density at radius 1 is 1.19 bits per heavy atom. The van der Waals surface area contributed by atoms with Gasteiger partial charge < -0.3 is 15.2 Å². The molecular weight excluding hydrogens is 268 g/mol. The van der Waals surface area contributed by atoms with E-state index in [1.807, 2.05) is 0 Å². The molecule has 21 heavy (non-hydrogen) atoms. The highest BCUT2D eigenvalue weighted by atomic mass is 16.5. The normalized spacial score (nSPS) is 24.3. The van der Waals surface area contributed by atoms with Crippen LogP contribution < -0.4 is 5.32 Å². The van der Waals surface area contributed by atoms with Gasteiger partial charge in [-0.2, -0.15) is 0 Å². The van der Waals surface area contributed by atoms with Crippen molar-refractivity contribution < 1.29 is 14.6 Å². The summed E-state index contributed by atoms with van der Waals surface area (Å²) in [7, 11) is 0. The van der Waals surface area contributed by atoms with Gasteiger partial charge in [0.05, 0.1) is 19.3 Å². The van der Waals surface area contributed by atoms with Crippen LogP contribution in [0.4, 0.5) is 0 Å². The second-order valence-electron chi connectivity index (χ2n) is 6.28. The van der Waals surface area contributed by atoms with Gasteiger partial charge in [0.1, 0.15) is 0 Å². The number of nitrogens with zero attached hydrogens (tertiary/aromatic N) is 1. The average molecular weight is 298 g/mol. The molecule has 1 aliphatic carbocycles. The van der Waals surface area contributed by atoms with Crippen molar-refractivity contribution in [3.05, 3.63) is 0 Å². The van der Waals surface area contributed by atoms with Crippen molar-refractivity contribution in [1.82, 2.24) is 10.2 Å². The fourth-order valence-electron chi connectivity index (χ4n) is 3.33. The maximum Gasteiger partial charge on any atom is 0.234 e. The molecule has 2 aliphatic rings. The lowest BCUT2D eigenvalue weighted by Gasteiger charge is -2.22. The SMILES string of the molecule is O=C(CN1CCC[C@@H]1CO)NCCCOC1CCCCC1. The monoisotopic (exact) mass is 298 g/mol. The number of ether oxygens (including phenoxy) is 1. The standard InChI is InChI=1S/C16H30N2O3/c19-13-14-6-4-10-18(14)12-16(20)17-9-5-11-21-15-7-2-1-3-8-15/h14-15,19H,1-13H2,(H,17,20)/t14-/m1/s1. The van der Waals surface area contributed by atoms with Crippen molar-refractivity contribution in [3.8, 4) is 0 Å². The zero-order valence-corrected chi connectivity index (χ0v) is 13.1. The molecule has 2 N–H and O–H groups in total. The van der Waals surface area contributed by atoms with Gasteiger partial charge in [-0.25, -0.2) is 0 Å². The third-order valence-corrected chi connectivity index (χ3v) is 4.61. The molecule has 0 spiro atoms. The lowest BCUT2D eigenvalue weighted by Crippen LogP contribution is -2.41. The Labute approximate surface area is 128 Å². The molecule has 5 heteroatoms. The smallest absolute Gasteiger partial charge is 0.234 e. The fraction of sp³-hybridized carbons (Fsp3) is 0.938. The third-order valence-electron chi connectivity index (χ3n) is 4.61. The van der Waals surface area contributed by atoms with Crippen molar-refractivity contribution in [2.24, 2.45) is 0 Å². The Kier molecular flexibility index (Phi) is 7.47. The number of aliphatic hydroxyl groups excluding tert-OH is 1. The van der Waals surface area contributed by atoms with Crippen LogP contribution in [0.2, 0.25) is 0 Å². The van der Waals surface area contributed by atoms with Gasteiger partial charge in [-0.15, -0.1) is 0 Å². The van der Waals surface area contributed by atoms with Gasteiger partial charge in [0.15, 0.2) is 0 Å². The summed E-state index contributed by atoms with van der Waals surface area (Å²) in [6, 6.07) is 0.172. The minimum atomic E-state index is 0.0630. The van der Waals surface area contributed by atoms with Gasteiger partial charge in [-0.05, 0) is 38.6 Å². The summed E-state index contributed by atoms with van der Waals surface area (Å²) >= 11 is 0. The van der Waals surface area contributed by atoms with Crippen LogP contribution >= 0.6 is 0 Å². The molecule has 0 aromatic carbocycles. The first-order valence-corrected chi connectivity index (χ1v) is 8.53. The van der Waals surface area contributed by atoms with E-state index in [-0.39, 0.29) is 18.6 Å². The number of carbonyl (C=O) groups is 1. The quantitative estimate of drug-likeness (QED) is 0.663. The van der Waals surface area contributed by atoms with Crippen LogP contribution in [0.1, 0.15) is 51.4 Å². The Morgan fingerprint density at radius 2 is 2.00 bits per heavy atom. The van der Waals surface area contributed by atoms with E-state index in [4.69, 9.17) is 4.74 Å². The van der Waals surface area contributed by atoms with E-state index in [1.54, 1.807) is 0 Å². The summed E-state index contributed by atoms with van der Waals surface area (Å²) in [4.78, 5) is 13.9. The zero-order valence-electron chi connectivity index (χ0n) is 13.1. The van der Waals surface area contributed by atoms with Crippen LogP contribution in [0.25, 0.3) is 0 Å². The molecule has 2 rings (SSSR count).